The molecule has 1 saturated heterocycles. The molecule has 0 saturated carbocycles. The summed E-state index contributed by atoms with van der Waals surface area (Å²) in [5, 5.41) is 2.55. The van der Waals surface area contributed by atoms with E-state index >= 15 is 0 Å². The molecule has 0 spiro atoms. The smallest absolute Gasteiger partial charge is 0.368 e. The number of anilines is 2. The molecule has 1 aliphatic rings. The van der Waals surface area contributed by atoms with Crippen LogP contribution in [0.15, 0.2) is 48.5 Å². The fourth-order valence-electron chi connectivity index (χ4n) is 2.80. The predicted octanol–water partition coefficient (Wildman–Crippen LogP) is 4.71. The number of hydrogen-bond acceptors (Lipinski definition) is 2. The SMILES string of the molecule is O=C(Nc1cc(C(F)(F)F)ccc1Cl)N1CCN(c2ccccc2)CC1. The van der Waals surface area contributed by atoms with E-state index in [9.17, 15) is 18.0 Å². The molecule has 8 heteroatoms. The average molecular weight is 384 g/mol. The zero-order chi connectivity index (χ0) is 18.7. The van der Waals surface area contributed by atoms with E-state index in [0.717, 1.165) is 23.9 Å². The van der Waals surface area contributed by atoms with Gasteiger partial charge in [-0.15, -0.1) is 0 Å². The van der Waals surface area contributed by atoms with Gasteiger partial charge in [-0.25, -0.2) is 4.79 Å². The van der Waals surface area contributed by atoms with Gasteiger partial charge in [0.05, 0.1) is 16.3 Å². The quantitative estimate of drug-likeness (QED) is 0.815. The van der Waals surface area contributed by atoms with E-state index in [-0.39, 0.29) is 10.7 Å². The Morgan fingerprint density at radius 2 is 1.65 bits per heavy atom. The minimum atomic E-state index is -4.49. The van der Waals surface area contributed by atoms with E-state index in [1.165, 1.54) is 0 Å². The Morgan fingerprint density at radius 1 is 1.00 bits per heavy atom. The van der Waals surface area contributed by atoms with Crippen molar-refractivity contribution in [2.45, 2.75) is 6.18 Å². The minimum Gasteiger partial charge on any atom is -0.368 e. The molecule has 1 aliphatic heterocycles. The lowest BCUT2D eigenvalue weighted by molar-refractivity contribution is -0.137. The second-order valence-corrected chi connectivity index (χ2v) is 6.34. The number of halogens is 4. The molecule has 1 fully saturated rings. The average Bonchev–Trinajstić information content (AvgIpc) is 2.63. The normalized spacial score (nSPS) is 15.1. The highest BCUT2D eigenvalue weighted by Crippen LogP contribution is 2.34. The summed E-state index contributed by atoms with van der Waals surface area (Å²) in [6, 6.07) is 12.2. The van der Waals surface area contributed by atoms with Crippen molar-refractivity contribution >= 4 is 29.0 Å². The van der Waals surface area contributed by atoms with Crippen LogP contribution in [0, 0.1) is 0 Å². The van der Waals surface area contributed by atoms with Gasteiger partial charge in [0.2, 0.25) is 0 Å². The molecular formula is C18H17ClF3N3O. The Morgan fingerprint density at radius 3 is 2.27 bits per heavy atom. The van der Waals surface area contributed by atoms with Crippen LogP contribution >= 0.6 is 11.6 Å². The van der Waals surface area contributed by atoms with Crippen molar-refractivity contribution in [3.05, 3.63) is 59.1 Å². The van der Waals surface area contributed by atoms with Crippen molar-refractivity contribution in [3.63, 3.8) is 0 Å². The van der Waals surface area contributed by atoms with Crippen LogP contribution in [0.4, 0.5) is 29.3 Å². The van der Waals surface area contributed by atoms with Crippen LogP contribution in [0.3, 0.4) is 0 Å². The number of benzene rings is 2. The van der Waals surface area contributed by atoms with Crippen molar-refractivity contribution in [2.24, 2.45) is 0 Å². The second kappa shape index (κ2) is 7.45. The van der Waals surface area contributed by atoms with Gasteiger partial charge in [-0.05, 0) is 30.3 Å². The van der Waals surface area contributed by atoms with Crippen LogP contribution in [0.25, 0.3) is 0 Å². The van der Waals surface area contributed by atoms with Gasteiger partial charge in [-0.2, -0.15) is 13.2 Å². The third kappa shape index (κ3) is 4.22. The molecule has 1 N–H and O–H groups in total. The standard InChI is InChI=1S/C18H17ClF3N3O/c19-15-7-6-13(18(20,21)22)12-16(15)23-17(26)25-10-8-24(9-11-25)14-4-2-1-3-5-14/h1-7,12H,8-11H2,(H,23,26). The Hall–Kier alpha value is -2.41. The van der Waals surface area contributed by atoms with Crippen molar-refractivity contribution in [3.8, 4) is 0 Å². The zero-order valence-electron chi connectivity index (χ0n) is 13.8. The van der Waals surface area contributed by atoms with Gasteiger partial charge in [0.15, 0.2) is 0 Å². The molecular weight excluding hydrogens is 367 g/mol. The Kier molecular flexibility index (Phi) is 5.27. The highest BCUT2D eigenvalue weighted by atomic mass is 35.5. The van der Waals surface area contributed by atoms with Crippen molar-refractivity contribution in [1.82, 2.24) is 4.90 Å². The van der Waals surface area contributed by atoms with E-state index in [1.807, 2.05) is 30.3 Å². The summed E-state index contributed by atoms with van der Waals surface area (Å²) in [6.07, 6.45) is -4.49. The lowest BCUT2D eigenvalue weighted by atomic mass is 10.2. The van der Waals surface area contributed by atoms with Gasteiger partial charge in [0.1, 0.15) is 0 Å². The number of urea groups is 1. The predicted molar refractivity (Wildman–Crippen MR) is 95.7 cm³/mol. The fourth-order valence-corrected chi connectivity index (χ4v) is 2.96. The van der Waals surface area contributed by atoms with Gasteiger partial charge >= 0.3 is 12.2 Å². The first-order chi connectivity index (χ1) is 12.3. The molecule has 2 aromatic rings. The summed E-state index contributed by atoms with van der Waals surface area (Å²) in [7, 11) is 0. The molecule has 0 bridgehead atoms. The molecule has 26 heavy (non-hydrogen) atoms. The van der Waals surface area contributed by atoms with Crippen LogP contribution < -0.4 is 10.2 Å². The maximum absolute atomic E-state index is 12.8. The molecule has 0 aromatic heterocycles. The maximum atomic E-state index is 12.8. The van der Waals surface area contributed by atoms with Gasteiger partial charge in [-0.3, -0.25) is 0 Å². The lowest BCUT2D eigenvalue weighted by Gasteiger charge is -2.36. The first-order valence-electron chi connectivity index (χ1n) is 8.07. The van der Waals surface area contributed by atoms with Crippen molar-refractivity contribution in [2.75, 3.05) is 36.4 Å². The molecule has 138 valence electrons. The topological polar surface area (TPSA) is 35.6 Å². The number of hydrogen-bond donors (Lipinski definition) is 1. The van der Waals surface area contributed by atoms with E-state index in [0.29, 0.717) is 26.2 Å². The van der Waals surface area contributed by atoms with Crippen molar-refractivity contribution in [1.29, 1.82) is 0 Å². The fraction of sp³-hybridized carbons (Fsp3) is 0.278. The van der Waals surface area contributed by atoms with E-state index in [1.54, 1.807) is 4.90 Å². The molecule has 3 rings (SSSR count). The summed E-state index contributed by atoms with van der Waals surface area (Å²) in [5.41, 5.74) is 0.177. The molecule has 0 unspecified atom stereocenters. The van der Waals surface area contributed by atoms with Crippen LogP contribution in [-0.4, -0.2) is 37.1 Å². The summed E-state index contributed by atoms with van der Waals surface area (Å²) >= 11 is 5.92. The number of amides is 2. The summed E-state index contributed by atoms with van der Waals surface area (Å²) in [4.78, 5) is 16.1. The third-order valence-corrected chi connectivity index (χ3v) is 4.55. The Labute approximate surface area is 154 Å². The van der Waals surface area contributed by atoms with Crippen LogP contribution in [0.2, 0.25) is 5.02 Å². The number of carbonyl (C=O) groups is 1. The zero-order valence-corrected chi connectivity index (χ0v) is 14.5. The number of nitrogens with one attached hydrogen (secondary N) is 1. The van der Waals surface area contributed by atoms with Gasteiger partial charge < -0.3 is 15.1 Å². The number of carbonyl (C=O) groups excluding carboxylic acids is 1. The molecule has 0 aliphatic carbocycles. The number of piperazine rings is 1. The van der Waals surface area contributed by atoms with Gasteiger partial charge in [-0.1, -0.05) is 29.8 Å². The third-order valence-electron chi connectivity index (χ3n) is 4.22. The van der Waals surface area contributed by atoms with Crippen LogP contribution in [0.5, 0.6) is 0 Å². The number of nitrogens with zero attached hydrogens (tertiary/aromatic N) is 2. The molecule has 2 amide bonds. The molecule has 2 aromatic carbocycles. The number of para-hydroxylation sites is 1. The summed E-state index contributed by atoms with van der Waals surface area (Å²) in [6.45, 7) is 2.23. The lowest BCUT2D eigenvalue weighted by Crippen LogP contribution is -2.50. The molecule has 1 heterocycles. The Bertz CT molecular complexity index is 775. The Balaban J connectivity index is 1.63. The van der Waals surface area contributed by atoms with E-state index < -0.39 is 17.8 Å². The largest absolute Gasteiger partial charge is 0.416 e. The van der Waals surface area contributed by atoms with E-state index in [2.05, 4.69) is 10.2 Å². The molecule has 0 radical (unpaired) electrons. The highest BCUT2D eigenvalue weighted by molar-refractivity contribution is 6.33. The summed E-state index contributed by atoms with van der Waals surface area (Å²) in [5.74, 6) is 0. The van der Waals surface area contributed by atoms with Gasteiger partial charge in [0.25, 0.3) is 0 Å². The summed E-state index contributed by atoms with van der Waals surface area (Å²) < 4.78 is 38.5. The minimum absolute atomic E-state index is 0.0445. The number of rotatable bonds is 2. The number of alkyl halides is 3. The monoisotopic (exact) mass is 383 g/mol. The van der Waals surface area contributed by atoms with Gasteiger partial charge in [0, 0.05) is 31.9 Å². The highest BCUT2D eigenvalue weighted by Gasteiger charge is 2.31. The van der Waals surface area contributed by atoms with E-state index in [4.69, 9.17) is 11.6 Å². The van der Waals surface area contributed by atoms with Crippen LogP contribution in [0.1, 0.15) is 5.56 Å². The first-order valence-corrected chi connectivity index (χ1v) is 8.45. The van der Waals surface area contributed by atoms with Crippen molar-refractivity contribution < 1.29 is 18.0 Å². The van der Waals surface area contributed by atoms with Crippen LogP contribution in [-0.2, 0) is 6.18 Å². The molecule has 0 atom stereocenters. The molecule has 4 nitrogen and oxygen atoms in total. The second-order valence-electron chi connectivity index (χ2n) is 5.93. The maximum Gasteiger partial charge on any atom is 0.416 e. The first kappa shape index (κ1) is 18.4.